The molecule has 1 saturated heterocycles. The van der Waals surface area contributed by atoms with E-state index in [2.05, 4.69) is 4.74 Å². The maximum absolute atomic E-state index is 12.0. The van der Waals surface area contributed by atoms with Crippen LogP contribution in [0.5, 0.6) is 0 Å². The van der Waals surface area contributed by atoms with Gasteiger partial charge in [-0.25, -0.2) is 0 Å². The summed E-state index contributed by atoms with van der Waals surface area (Å²) in [5.41, 5.74) is 0. The SMILES string of the molecule is COC(=O)C[C@H]1C(=O)N(C(C)=O)CC(=O)N1C(C)=O. The second-order valence-electron chi connectivity index (χ2n) is 4.02. The fourth-order valence-electron chi connectivity index (χ4n) is 1.83. The molecule has 19 heavy (non-hydrogen) atoms. The number of carbonyl (C=O) groups is 5. The first-order chi connectivity index (χ1) is 8.79. The van der Waals surface area contributed by atoms with Crippen LogP contribution in [0.4, 0.5) is 0 Å². The van der Waals surface area contributed by atoms with Gasteiger partial charge in [-0.15, -0.1) is 0 Å². The number of esters is 1. The van der Waals surface area contributed by atoms with Gasteiger partial charge in [0.15, 0.2) is 0 Å². The van der Waals surface area contributed by atoms with E-state index in [0.29, 0.717) is 4.90 Å². The van der Waals surface area contributed by atoms with Gasteiger partial charge in [-0.2, -0.15) is 0 Å². The second-order valence-corrected chi connectivity index (χ2v) is 4.02. The molecule has 0 aromatic rings. The Balaban J connectivity index is 3.10. The number of imide groups is 2. The minimum atomic E-state index is -1.32. The Morgan fingerprint density at radius 2 is 1.79 bits per heavy atom. The molecule has 1 heterocycles. The molecule has 1 aliphatic rings. The number of nitrogens with zero attached hydrogens (tertiary/aromatic N) is 2. The van der Waals surface area contributed by atoms with Crippen molar-refractivity contribution in [3.8, 4) is 0 Å². The maximum atomic E-state index is 12.0. The summed E-state index contributed by atoms with van der Waals surface area (Å²) in [7, 11) is 1.12. The fraction of sp³-hybridized carbons (Fsp3) is 0.545. The van der Waals surface area contributed by atoms with Crippen LogP contribution in [-0.4, -0.2) is 59.1 Å². The summed E-state index contributed by atoms with van der Waals surface area (Å²) in [6, 6.07) is -1.32. The van der Waals surface area contributed by atoms with Crippen LogP contribution in [0.2, 0.25) is 0 Å². The zero-order valence-electron chi connectivity index (χ0n) is 10.8. The molecule has 0 aliphatic carbocycles. The van der Waals surface area contributed by atoms with E-state index in [0.717, 1.165) is 25.9 Å². The summed E-state index contributed by atoms with van der Waals surface area (Å²) >= 11 is 0. The molecule has 0 radical (unpaired) electrons. The molecule has 0 aromatic heterocycles. The van der Waals surface area contributed by atoms with E-state index < -0.39 is 48.6 Å². The van der Waals surface area contributed by atoms with Crippen molar-refractivity contribution >= 4 is 29.6 Å². The average molecular weight is 270 g/mol. The molecule has 8 heteroatoms. The maximum Gasteiger partial charge on any atom is 0.308 e. The summed E-state index contributed by atoms with van der Waals surface area (Å²) in [5.74, 6) is -3.47. The van der Waals surface area contributed by atoms with Gasteiger partial charge in [0.1, 0.15) is 12.6 Å². The standard InChI is InChI=1S/C11H14N2O6/c1-6(14)12-5-9(16)13(7(2)15)8(11(12)18)4-10(17)19-3/h8H,4-5H2,1-3H3/t8-/m0/s1. The number of ether oxygens (including phenoxy) is 1. The van der Waals surface area contributed by atoms with Gasteiger partial charge in [-0.1, -0.05) is 0 Å². The molecule has 104 valence electrons. The summed E-state index contributed by atoms with van der Waals surface area (Å²) in [4.78, 5) is 59.1. The van der Waals surface area contributed by atoms with E-state index in [1.54, 1.807) is 0 Å². The van der Waals surface area contributed by atoms with Crippen LogP contribution in [0, 0.1) is 0 Å². The molecule has 0 N–H and O–H groups in total. The average Bonchev–Trinajstić information content (AvgIpc) is 2.32. The van der Waals surface area contributed by atoms with Crippen molar-refractivity contribution in [1.82, 2.24) is 9.80 Å². The number of hydrogen-bond acceptors (Lipinski definition) is 6. The lowest BCUT2D eigenvalue weighted by molar-refractivity contribution is -0.168. The first kappa shape index (κ1) is 14.8. The van der Waals surface area contributed by atoms with Crippen LogP contribution in [0.1, 0.15) is 20.3 Å². The zero-order chi connectivity index (χ0) is 14.7. The zero-order valence-corrected chi connectivity index (χ0v) is 10.8. The smallest absolute Gasteiger partial charge is 0.308 e. The van der Waals surface area contributed by atoms with E-state index in [1.165, 1.54) is 0 Å². The molecule has 0 bridgehead atoms. The van der Waals surface area contributed by atoms with Crippen LogP contribution in [0.25, 0.3) is 0 Å². The Hall–Kier alpha value is -2.25. The van der Waals surface area contributed by atoms with Gasteiger partial charge in [0.25, 0.3) is 5.91 Å². The molecular weight excluding hydrogens is 256 g/mol. The number of rotatable bonds is 2. The molecule has 1 atom stereocenters. The highest BCUT2D eigenvalue weighted by Crippen LogP contribution is 2.17. The largest absolute Gasteiger partial charge is 0.469 e. The van der Waals surface area contributed by atoms with Crippen molar-refractivity contribution in [2.75, 3.05) is 13.7 Å². The molecule has 8 nitrogen and oxygen atoms in total. The van der Waals surface area contributed by atoms with Crippen LogP contribution in [0.3, 0.4) is 0 Å². The lowest BCUT2D eigenvalue weighted by Crippen LogP contribution is -2.62. The van der Waals surface area contributed by atoms with E-state index in [-0.39, 0.29) is 0 Å². The highest BCUT2D eigenvalue weighted by atomic mass is 16.5. The minimum absolute atomic E-state index is 0.468. The normalized spacial score (nSPS) is 19.4. The Morgan fingerprint density at radius 1 is 1.21 bits per heavy atom. The fourth-order valence-corrected chi connectivity index (χ4v) is 1.83. The first-order valence-electron chi connectivity index (χ1n) is 5.51. The third-order valence-electron chi connectivity index (χ3n) is 2.73. The number of hydrogen-bond donors (Lipinski definition) is 0. The monoisotopic (exact) mass is 270 g/mol. The molecule has 1 aliphatic heterocycles. The Labute approximate surface area is 109 Å². The second kappa shape index (κ2) is 5.59. The highest BCUT2D eigenvalue weighted by molar-refractivity contribution is 6.10. The van der Waals surface area contributed by atoms with Crippen LogP contribution in [-0.2, 0) is 28.7 Å². The van der Waals surface area contributed by atoms with E-state index in [1.807, 2.05) is 0 Å². The van der Waals surface area contributed by atoms with Crippen molar-refractivity contribution in [3.05, 3.63) is 0 Å². The first-order valence-corrected chi connectivity index (χ1v) is 5.51. The summed E-state index contributed by atoms with van der Waals surface area (Å²) < 4.78 is 4.42. The van der Waals surface area contributed by atoms with Gasteiger partial charge >= 0.3 is 5.97 Å². The number of piperazine rings is 1. The predicted molar refractivity (Wildman–Crippen MR) is 60.3 cm³/mol. The van der Waals surface area contributed by atoms with Gasteiger partial charge < -0.3 is 4.74 Å². The van der Waals surface area contributed by atoms with Gasteiger partial charge in [0, 0.05) is 13.8 Å². The van der Waals surface area contributed by atoms with Crippen LogP contribution in [0.15, 0.2) is 0 Å². The molecule has 0 saturated carbocycles. The lowest BCUT2D eigenvalue weighted by Gasteiger charge is -2.36. The van der Waals surface area contributed by atoms with Crippen LogP contribution < -0.4 is 0 Å². The van der Waals surface area contributed by atoms with E-state index >= 15 is 0 Å². The quantitative estimate of drug-likeness (QED) is 0.577. The number of amides is 4. The lowest BCUT2D eigenvalue weighted by atomic mass is 10.1. The Bertz CT molecular complexity index is 458. The van der Waals surface area contributed by atoms with Crippen molar-refractivity contribution in [2.45, 2.75) is 26.3 Å². The van der Waals surface area contributed by atoms with E-state index in [4.69, 9.17) is 0 Å². The van der Waals surface area contributed by atoms with Gasteiger partial charge in [0.05, 0.1) is 13.5 Å². The Kier molecular flexibility index (Phi) is 4.36. The third-order valence-corrected chi connectivity index (χ3v) is 2.73. The van der Waals surface area contributed by atoms with Crippen molar-refractivity contribution in [1.29, 1.82) is 0 Å². The van der Waals surface area contributed by atoms with Crippen molar-refractivity contribution in [3.63, 3.8) is 0 Å². The van der Waals surface area contributed by atoms with Gasteiger partial charge in [-0.3, -0.25) is 33.8 Å². The van der Waals surface area contributed by atoms with E-state index in [9.17, 15) is 24.0 Å². The molecule has 0 spiro atoms. The van der Waals surface area contributed by atoms with Crippen molar-refractivity contribution in [2.24, 2.45) is 0 Å². The number of carbonyl (C=O) groups excluding carboxylic acids is 5. The predicted octanol–water partition coefficient (Wildman–Crippen LogP) is -1.32. The third kappa shape index (κ3) is 2.95. The van der Waals surface area contributed by atoms with Gasteiger partial charge in [-0.05, 0) is 0 Å². The molecule has 0 unspecified atom stereocenters. The summed E-state index contributed by atoms with van der Waals surface area (Å²) in [6.45, 7) is 1.74. The summed E-state index contributed by atoms with van der Waals surface area (Å²) in [5, 5.41) is 0. The summed E-state index contributed by atoms with van der Waals surface area (Å²) in [6.07, 6.45) is -0.468. The highest BCUT2D eigenvalue weighted by Gasteiger charge is 2.44. The molecule has 4 amide bonds. The molecule has 0 aromatic carbocycles. The minimum Gasteiger partial charge on any atom is -0.469 e. The number of methoxy groups -OCH3 is 1. The molecular formula is C11H14N2O6. The molecule has 1 rings (SSSR count). The topological polar surface area (TPSA) is 101 Å². The molecule has 1 fully saturated rings. The Morgan fingerprint density at radius 3 is 2.21 bits per heavy atom. The van der Waals surface area contributed by atoms with Crippen LogP contribution >= 0.6 is 0 Å². The van der Waals surface area contributed by atoms with Crippen molar-refractivity contribution < 1.29 is 28.7 Å². The van der Waals surface area contributed by atoms with Gasteiger partial charge in [0.2, 0.25) is 17.7 Å².